The number of nitrogens with one attached hydrogen (secondary N) is 2. The van der Waals surface area contributed by atoms with E-state index >= 15 is 0 Å². The third kappa shape index (κ3) is 2.24. The van der Waals surface area contributed by atoms with Crippen LogP contribution in [-0.2, 0) is 11.2 Å². The van der Waals surface area contributed by atoms with Crippen molar-refractivity contribution in [3.8, 4) is 0 Å². The molecular formula is C11H11N3O4. The van der Waals surface area contributed by atoms with E-state index in [0.29, 0.717) is 4.57 Å². The lowest BCUT2D eigenvalue weighted by atomic mass is 10.1. The molecule has 7 nitrogen and oxygen atoms in total. The molecule has 0 amide bonds. The zero-order valence-electron chi connectivity index (χ0n) is 9.29. The van der Waals surface area contributed by atoms with Crippen LogP contribution in [0.1, 0.15) is 11.6 Å². The van der Waals surface area contributed by atoms with Gasteiger partial charge in [0, 0.05) is 6.42 Å². The highest BCUT2D eigenvalue weighted by molar-refractivity contribution is 5.72. The second kappa shape index (κ2) is 4.74. The van der Waals surface area contributed by atoms with Crippen molar-refractivity contribution in [2.75, 3.05) is 0 Å². The number of hydrogen-bond donors (Lipinski definition) is 3. The maximum absolute atomic E-state index is 11.4. The third-order valence-electron chi connectivity index (χ3n) is 2.58. The Balaban J connectivity index is 2.39. The van der Waals surface area contributed by atoms with Gasteiger partial charge < -0.3 is 5.11 Å². The van der Waals surface area contributed by atoms with Gasteiger partial charge in [-0.2, -0.15) is 0 Å². The first-order valence-corrected chi connectivity index (χ1v) is 5.25. The molecule has 3 N–H and O–H groups in total. The number of rotatable bonds is 4. The Morgan fingerprint density at radius 2 is 1.72 bits per heavy atom. The van der Waals surface area contributed by atoms with Crippen molar-refractivity contribution < 1.29 is 9.90 Å². The Morgan fingerprint density at radius 3 is 2.22 bits per heavy atom. The maximum atomic E-state index is 11.4. The number of nitrogens with zero attached hydrogens (tertiary/aromatic N) is 1. The molecular weight excluding hydrogens is 238 g/mol. The lowest BCUT2D eigenvalue weighted by Gasteiger charge is -2.11. The molecule has 0 bridgehead atoms. The smallest absolute Gasteiger partial charge is 0.345 e. The minimum Gasteiger partial charge on any atom is -0.480 e. The third-order valence-corrected chi connectivity index (χ3v) is 2.58. The van der Waals surface area contributed by atoms with Crippen molar-refractivity contribution >= 4 is 5.97 Å². The monoisotopic (exact) mass is 249 g/mol. The number of H-pyrrole nitrogens is 2. The molecule has 94 valence electrons. The van der Waals surface area contributed by atoms with Gasteiger partial charge in [-0.3, -0.25) is 0 Å². The van der Waals surface area contributed by atoms with Gasteiger partial charge in [0.25, 0.3) is 0 Å². The van der Waals surface area contributed by atoms with Crippen LogP contribution in [0.15, 0.2) is 39.9 Å². The van der Waals surface area contributed by atoms with E-state index in [-0.39, 0.29) is 6.42 Å². The molecule has 0 radical (unpaired) electrons. The molecule has 0 aliphatic heterocycles. The van der Waals surface area contributed by atoms with Crippen molar-refractivity contribution in [3.63, 3.8) is 0 Å². The van der Waals surface area contributed by atoms with Crippen LogP contribution in [0.2, 0.25) is 0 Å². The number of aliphatic carboxylic acids is 1. The molecule has 1 unspecified atom stereocenters. The first-order valence-electron chi connectivity index (χ1n) is 5.25. The first-order chi connectivity index (χ1) is 8.59. The number of carbonyl (C=O) groups is 1. The van der Waals surface area contributed by atoms with Crippen molar-refractivity contribution in [1.82, 2.24) is 14.8 Å². The van der Waals surface area contributed by atoms with Crippen LogP contribution < -0.4 is 11.4 Å². The average molecular weight is 249 g/mol. The van der Waals surface area contributed by atoms with Crippen molar-refractivity contribution in [3.05, 3.63) is 56.9 Å². The van der Waals surface area contributed by atoms with E-state index in [0.717, 1.165) is 5.56 Å². The fourth-order valence-electron chi connectivity index (χ4n) is 1.73. The van der Waals surface area contributed by atoms with E-state index in [2.05, 4.69) is 10.2 Å². The summed E-state index contributed by atoms with van der Waals surface area (Å²) in [5.41, 5.74) is -0.788. The van der Waals surface area contributed by atoms with Gasteiger partial charge in [-0.1, -0.05) is 30.3 Å². The Bertz CT molecular complexity index is 625. The number of hydrogen-bond acceptors (Lipinski definition) is 3. The summed E-state index contributed by atoms with van der Waals surface area (Å²) in [7, 11) is 0. The van der Waals surface area contributed by atoms with E-state index in [1.807, 2.05) is 0 Å². The summed E-state index contributed by atoms with van der Waals surface area (Å²) in [4.78, 5) is 34.0. The van der Waals surface area contributed by atoms with E-state index in [1.165, 1.54) is 0 Å². The summed E-state index contributed by atoms with van der Waals surface area (Å²) in [6.45, 7) is 0. The Kier molecular flexibility index (Phi) is 3.13. The van der Waals surface area contributed by atoms with Gasteiger partial charge in [0.2, 0.25) is 0 Å². The summed E-state index contributed by atoms with van der Waals surface area (Å²) in [5.74, 6) is -1.23. The maximum Gasteiger partial charge on any atom is 0.345 e. The molecule has 1 heterocycles. The molecule has 0 saturated carbocycles. The van der Waals surface area contributed by atoms with Gasteiger partial charge in [-0.15, -0.1) is 0 Å². The fraction of sp³-hybridized carbons (Fsp3) is 0.182. The summed E-state index contributed by atoms with van der Waals surface area (Å²) >= 11 is 0. The van der Waals surface area contributed by atoms with Crippen LogP contribution >= 0.6 is 0 Å². The predicted molar refractivity (Wildman–Crippen MR) is 62.5 cm³/mol. The first kappa shape index (κ1) is 11.9. The summed E-state index contributed by atoms with van der Waals surface area (Å²) in [5, 5.41) is 13.3. The van der Waals surface area contributed by atoms with Crippen LogP contribution in [0, 0.1) is 0 Å². The van der Waals surface area contributed by atoms with Gasteiger partial charge in [0.05, 0.1) is 0 Å². The summed E-state index contributed by atoms with van der Waals surface area (Å²) in [6, 6.07) is 7.57. The van der Waals surface area contributed by atoms with Crippen LogP contribution in [0.5, 0.6) is 0 Å². The largest absolute Gasteiger partial charge is 0.480 e. The van der Waals surface area contributed by atoms with E-state index < -0.39 is 23.4 Å². The van der Waals surface area contributed by atoms with E-state index in [9.17, 15) is 14.4 Å². The van der Waals surface area contributed by atoms with E-state index in [4.69, 9.17) is 5.11 Å². The van der Waals surface area contributed by atoms with Gasteiger partial charge in [0.15, 0.2) is 0 Å². The lowest BCUT2D eigenvalue weighted by molar-refractivity contribution is -0.141. The molecule has 0 spiro atoms. The molecule has 0 aliphatic carbocycles. The number of carboxylic acids is 1. The van der Waals surface area contributed by atoms with Gasteiger partial charge in [0.1, 0.15) is 6.04 Å². The number of carboxylic acid groups (broad SMARTS) is 1. The fourth-order valence-corrected chi connectivity index (χ4v) is 1.73. The molecule has 0 saturated heterocycles. The quantitative estimate of drug-likeness (QED) is 0.693. The molecule has 0 aliphatic rings. The standard InChI is InChI=1S/C11H11N3O4/c15-9(16)8(6-7-4-2-1-3-5-7)14-10(17)12-13-11(14)18/h1-5,8H,6H2,(H,12,17)(H,13,18)(H,15,16). The van der Waals surface area contributed by atoms with Crippen molar-refractivity contribution in [2.45, 2.75) is 12.5 Å². The molecule has 2 aromatic rings. The van der Waals surface area contributed by atoms with E-state index in [1.54, 1.807) is 30.3 Å². The topological polar surface area (TPSA) is 108 Å². The number of aromatic amines is 2. The van der Waals surface area contributed by atoms with Crippen LogP contribution in [0.25, 0.3) is 0 Å². The second-order valence-electron chi connectivity index (χ2n) is 3.77. The van der Waals surface area contributed by atoms with Crippen LogP contribution in [0.4, 0.5) is 0 Å². The average Bonchev–Trinajstić information content (AvgIpc) is 2.67. The molecule has 2 rings (SSSR count). The lowest BCUT2D eigenvalue weighted by Crippen LogP contribution is -2.36. The number of benzene rings is 1. The van der Waals surface area contributed by atoms with Crippen molar-refractivity contribution in [1.29, 1.82) is 0 Å². The SMILES string of the molecule is O=C(O)C(Cc1ccccc1)n1c(=O)[nH][nH]c1=O. The molecule has 18 heavy (non-hydrogen) atoms. The highest BCUT2D eigenvalue weighted by Gasteiger charge is 2.24. The minimum absolute atomic E-state index is 0.0665. The van der Waals surface area contributed by atoms with Crippen LogP contribution in [0.3, 0.4) is 0 Å². The Morgan fingerprint density at radius 1 is 1.17 bits per heavy atom. The van der Waals surface area contributed by atoms with Crippen LogP contribution in [-0.4, -0.2) is 25.8 Å². The van der Waals surface area contributed by atoms with Crippen molar-refractivity contribution in [2.24, 2.45) is 0 Å². The zero-order chi connectivity index (χ0) is 13.1. The molecule has 1 aromatic heterocycles. The van der Waals surface area contributed by atoms with Gasteiger partial charge in [-0.05, 0) is 5.56 Å². The molecule has 1 aromatic carbocycles. The normalized spacial score (nSPS) is 12.2. The van der Waals surface area contributed by atoms with Gasteiger partial charge >= 0.3 is 17.3 Å². The summed E-state index contributed by atoms with van der Waals surface area (Å²) < 4.78 is 0.662. The zero-order valence-corrected chi connectivity index (χ0v) is 9.29. The molecule has 0 fully saturated rings. The molecule has 7 heteroatoms. The summed E-state index contributed by atoms with van der Waals surface area (Å²) in [6.07, 6.45) is 0.0665. The Labute approximate surface area is 101 Å². The highest BCUT2D eigenvalue weighted by atomic mass is 16.4. The predicted octanol–water partition coefficient (Wildman–Crippen LogP) is -0.267. The molecule has 1 atom stereocenters. The van der Waals surface area contributed by atoms with Gasteiger partial charge in [-0.25, -0.2) is 29.1 Å². The Hall–Kier alpha value is -2.57. The second-order valence-corrected chi connectivity index (χ2v) is 3.77. The highest BCUT2D eigenvalue weighted by Crippen LogP contribution is 2.11. The number of aromatic nitrogens is 3. The minimum atomic E-state index is -1.23.